The predicted molar refractivity (Wildman–Crippen MR) is 69.4 cm³/mol. The molecule has 6 heteroatoms. The van der Waals surface area contributed by atoms with Gasteiger partial charge >= 0.3 is 5.97 Å². The number of nitrogens with one attached hydrogen (secondary N) is 1. The molecule has 0 bridgehead atoms. The molecule has 0 saturated heterocycles. The minimum atomic E-state index is -1.29. The first-order valence-electron chi connectivity index (χ1n) is 5.96. The lowest BCUT2D eigenvalue weighted by molar-refractivity contribution is -0.116. The minimum Gasteiger partial charge on any atom is -0.478 e. The highest BCUT2D eigenvalue weighted by Crippen LogP contribution is 2.18. The molecule has 1 rings (SSSR count). The Morgan fingerprint density at radius 3 is 2.74 bits per heavy atom. The van der Waals surface area contributed by atoms with Gasteiger partial charge in [0.2, 0.25) is 5.91 Å². The van der Waals surface area contributed by atoms with Crippen LogP contribution < -0.4 is 11.1 Å². The number of hydrogen-bond donors (Lipinski definition) is 3. The van der Waals surface area contributed by atoms with Crippen LogP contribution in [-0.2, 0) is 4.79 Å². The van der Waals surface area contributed by atoms with Crippen molar-refractivity contribution in [2.45, 2.75) is 19.8 Å². The fourth-order valence-electron chi connectivity index (χ4n) is 1.51. The maximum Gasteiger partial charge on any atom is 0.337 e. The monoisotopic (exact) mass is 268 g/mol. The van der Waals surface area contributed by atoms with Gasteiger partial charge in [-0.25, -0.2) is 9.18 Å². The van der Waals surface area contributed by atoms with Crippen LogP contribution in [0.2, 0.25) is 0 Å². The third-order valence-corrected chi connectivity index (χ3v) is 2.75. The summed E-state index contributed by atoms with van der Waals surface area (Å²) in [7, 11) is 0. The molecule has 1 amide bonds. The Kier molecular flexibility index (Phi) is 5.44. The molecule has 0 aliphatic heterocycles. The van der Waals surface area contributed by atoms with Crippen molar-refractivity contribution in [3.8, 4) is 0 Å². The van der Waals surface area contributed by atoms with E-state index in [4.69, 9.17) is 10.8 Å². The Balaban J connectivity index is 2.71. The van der Waals surface area contributed by atoms with Crippen LogP contribution in [0.4, 0.5) is 10.1 Å². The van der Waals surface area contributed by atoms with Gasteiger partial charge in [-0.15, -0.1) is 0 Å². The largest absolute Gasteiger partial charge is 0.478 e. The van der Waals surface area contributed by atoms with Crippen molar-refractivity contribution < 1.29 is 19.1 Å². The van der Waals surface area contributed by atoms with Crippen LogP contribution in [0.1, 0.15) is 30.1 Å². The molecule has 1 unspecified atom stereocenters. The molecule has 0 spiro atoms. The number of nitrogens with two attached hydrogens (primary N) is 1. The van der Waals surface area contributed by atoms with Gasteiger partial charge in [0.25, 0.3) is 0 Å². The number of rotatable bonds is 6. The molecule has 19 heavy (non-hydrogen) atoms. The maximum absolute atomic E-state index is 13.0. The molecule has 0 aromatic heterocycles. The van der Waals surface area contributed by atoms with Gasteiger partial charge in [0.05, 0.1) is 11.3 Å². The molecule has 1 atom stereocenters. The summed E-state index contributed by atoms with van der Waals surface area (Å²) in [6.07, 6.45) is 0.862. The van der Waals surface area contributed by atoms with E-state index in [0.717, 1.165) is 12.1 Å². The van der Waals surface area contributed by atoms with Gasteiger partial charge in [-0.05, 0) is 37.1 Å². The topological polar surface area (TPSA) is 92.4 Å². The van der Waals surface area contributed by atoms with Gasteiger partial charge in [0.15, 0.2) is 0 Å². The summed E-state index contributed by atoms with van der Waals surface area (Å²) in [5, 5.41) is 11.4. The highest BCUT2D eigenvalue weighted by atomic mass is 19.1. The van der Waals surface area contributed by atoms with Crippen LogP contribution >= 0.6 is 0 Å². The summed E-state index contributed by atoms with van der Waals surface area (Å²) < 4.78 is 13.0. The lowest BCUT2D eigenvalue weighted by atomic mass is 10.1. The van der Waals surface area contributed by atoms with Crippen LogP contribution in [0.15, 0.2) is 18.2 Å². The van der Waals surface area contributed by atoms with Crippen LogP contribution in [0.3, 0.4) is 0 Å². The Bertz CT molecular complexity index is 477. The number of carbonyl (C=O) groups excluding carboxylic acids is 1. The molecule has 5 nitrogen and oxygen atoms in total. The average molecular weight is 268 g/mol. The third-order valence-electron chi connectivity index (χ3n) is 2.75. The molecule has 104 valence electrons. The number of halogens is 1. The van der Waals surface area contributed by atoms with E-state index in [0.29, 0.717) is 13.0 Å². The number of anilines is 1. The van der Waals surface area contributed by atoms with Crippen LogP contribution in [0, 0.1) is 11.7 Å². The van der Waals surface area contributed by atoms with Gasteiger partial charge in [0.1, 0.15) is 5.82 Å². The van der Waals surface area contributed by atoms with E-state index >= 15 is 0 Å². The summed E-state index contributed by atoms with van der Waals surface area (Å²) in [6.45, 7) is 2.41. The molecule has 0 fully saturated rings. The Labute approximate surface area is 110 Å². The molecule has 0 saturated carbocycles. The van der Waals surface area contributed by atoms with E-state index in [2.05, 4.69) is 5.32 Å². The van der Waals surface area contributed by atoms with Gasteiger partial charge < -0.3 is 16.2 Å². The number of carboxylic acid groups (broad SMARTS) is 1. The van der Waals surface area contributed by atoms with E-state index in [1.165, 1.54) is 6.07 Å². The first-order valence-corrected chi connectivity index (χ1v) is 5.96. The van der Waals surface area contributed by atoms with E-state index in [-0.39, 0.29) is 29.5 Å². The minimum absolute atomic E-state index is 0.0966. The van der Waals surface area contributed by atoms with Crippen LogP contribution in [0.25, 0.3) is 0 Å². The highest BCUT2D eigenvalue weighted by Gasteiger charge is 2.14. The second-order valence-corrected chi connectivity index (χ2v) is 4.42. The zero-order valence-electron chi connectivity index (χ0n) is 10.6. The van der Waals surface area contributed by atoms with Gasteiger partial charge in [0, 0.05) is 6.42 Å². The second-order valence-electron chi connectivity index (χ2n) is 4.42. The number of carboxylic acids is 1. The lowest BCUT2D eigenvalue weighted by Gasteiger charge is -2.10. The summed E-state index contributed by atoms with van der Waals surface area (Å²) in [5.74, 6) is -2.04. The smallest absolute Gasteiger partial charge is 0.337 e. The number of benzene rings is 1. The molecule has 4 N–H and O–H groups in total. The fraction of sp³-hybridized carbons (Fsp3) is 0.385. The Morgan fingerprint density at radius 1 is 1.47 bits per heavy atom. The molecule has 0 radical (unpaired) electrons. The zero-order chi connectivity index (χ0) is 14.4. The van der Waals surface area contributed by atoms with Crippen molar-refractivity contribution in [1.29, 1.82) is 0 Å². The molecule has 0 aliphatic carbocycles. The number of aromatic carboxylic acids is 1. The number of hydrogen-bond acceptors (Lipinski definition) is 3. The maximum atomic E-state index is 13.0. The van der Waals surface area contributed by atoms with E-state index < -0.39 is 11.8 Å². The second kappa shape index (κ2) is 6.84. The molecule has 0 aliphatic rings. The number of amides is 1. The average Bonchev–Trinajstić information content (AvgIpc) is 2.37. The lowest BCUT2D eigenvalue weighted by Crippen LogP contribution is -2.17. The fourth-order valence-corrected chi connectivity index (χ4v) is 1.51. The van der Waals surface area contributed by atoms with Crippen LogP contribution in [0.5, 0.6) is 0 Å². The Hall–Kier alpha value is -1.95. The standard InChI is InChI=1S/C13H17FN2O3/c1-8(7-15)2-5-12(17)16-11-4-3-9(14)6-10(11)13(18)19/h3-4,6,8H,2,5,7,15H2,1H3,(H,16,17)(H,18,19). The quantitative estimate of drug-likeness (QED) is 0.734. The predicted octanol–water partition coefficient (Wildman–Crippen LogP) is 1.84. The third kappa shape index (κ3) is 4.67. The van der Waals surface area contributed by atoms with Crippen LogP contribution in [-0.4, -0.2) is 23.5 Å². The van der Waals surface area contributed by atoms with E-state index in [1.54, 1.807) is 0 Å². The molecule has 1 aromatic carbocycles. The summed E-state index contributed by atoms with van der Waals surface area (Å²) >= 11 is 0. The molecule has 0 heterocycles. The zero-order valence-corrected chi connectivity index (χ0v) is 10.6. The molecular formula is C13H17FN2O3. The van der Waals surface area contributed by atoms with Crippen molar-refractivity contribution in [3.63, 3.8) is 0 Å². The van der Waals surface area contributed by atoms with Crippen molar-refractivity contribution in [2.24, 2.45) is 11.7 Å². The summed E-state index contributed by atoms with van der Waals surface area (Å²) in [5.41, 5.74) is 5.27. The Morgan fingerprint density at radius 2 is 2.16 bits per heavy atom. The molecular weight excluding hydrogens is 251 g/mol. The van der Waals surface area contributed by atoms with Crippen molar-refractivity contribution >= 4 is 17.6 Å². The van der Waals surface area contributed by atoms with Crippen molar-refractivity contribution in [2.75, 3.05) is 11.9 Å². The SMILES string of the molecule is CC(CN)CCC(=O)Nc1ccc(F)cc1C(=O)O. The first kappa shape index (κ1) is 15.1. The van der Waals surface area contributed by atoms with E-state index in [9.17, 15) is 14.0 Å². The van der Waals surface area contributed by atoms with E-state index in [1.807, 2.05) is 6.92 Å². The first-order chi connectivity index (χ1) is 8.93. The highest BCUT2D eigenvalue weighted by molar-refractivity contribution is 6.00. The normalized spacial score (nSPS) is 11.9. The van der Waals surface area contributed by atoms with Gasteiger partial charge in [-0.3, -0.25) is 4.79 Å². The van der Waals surface area contributed by atoms with Gasteiger partial charge in [-0.1, -0.05) is 6.92 Å². The van der Waals surface area contributed by atoms with Crippen molar-refractivity contribution in [3.05, 3.63) is 29.6 Å². The van der Waals surface area contributed by atoms with Crippen molar-refractivity contribution in [1.82, 2.24) is 0 Å². The molecule has 1 aromatic rings. The summed E-state index contributed by atoms with van der Waals surface area (Å²) in [4.78, 5) is 22.6. The summed E-state index contributed by atoms with van der Waals surface area (Å²) in [6, 6.07) is 3.22. The number of carbonyl (C=O) groups is 2. The van der Waals surface area contributed by atoms with Gasteiger partial charge in [-0.2, -0.15) is 0 Å².